The van der Waals surface area contributed by atoms with Gasteiger partial charge in [-0.2, -0.15) is 0 Å². The van der Waals surface area contributed by atoms with Crippen molar-refractivity contribution in [1.82, 2.24) is 5.32 Å². The second kappa shape index (κ2) is 5.83. The molecule has 0 saturated carbocycles. The molecule has 84 valence electrons. The van der Waals surface area contributed by atoms with Crippen molar-refractivity contribution in [3.8, 4) is 0 Å². The summed E-state index contributed by atoms with van der Waals surface area (Å²) in [5.74, 6) is -0.193. The molecule has 0 bridgehead atoms. The van der Waals surface area contributed by atoms with Gasteiger partial charge in [-0.25, -0.2) is 4.39 Å². The molecule has 0 aliphatic carbocycles. The highest BCUT2D eigenvalue weighted by atomic mass is 19.1. The molecule has 0 fully saturated rings. The summed E-state index contributed by atoms with van der Waals surface area (Å²) in [5.41, 5.74) is 0.949. The minimum Gasteiger partial charge on any atom is -0.380 e. The van der Waals surface area contributed by atoms with Crippen LogP contribution < -0.4 is 5.32 Å². The second-order valence-corrected chi connectivity index (χ2v) is 3.74. The highest BCUT2D eigenvalue weighted by molar-refractivity contribution is 5.16. The summed E-state index contributed by atoms with van der Waals surface area (Å²) < 4.78 is 18.1. The molecule has 1 aromatic carbocycles. The Morgan fingerprint density at radius 3 is 2.73 bits per heavy atom. The van der Waals surface area contributed by atoms with Gasteiger partial charge in [-0.15, -0.1) is 0 Å². The van der Waals surface area contributed by atoms with Gasteiger partial charge in [0, 0.05) is 19.7 Å². The molecular weight excluding hydrogens is 193 g/mol. The van der Waals surface area contributed by atoms with Gasteiger partial charge < -0.3 is 10.1 Å². The highest BCUT2D eigenvalue weighted by Gasteiger charge is 2.09. The number of benzene rings is 1. The lowest BCUT2D eigenvalue weighted by Crippen LogP contribution is -2.36. The molecule has 0 aliphatic rings. The summed E-state index contributed by atoms with van der Waals surface area (Å²) >= 11 is 0. The van der Waals surface area contributed by atoms with Crippen LogP contribution in [0.25, 0.3) is 0 Å². The Labute approximate surface area is 90.4 Å². The Hall–Kier alpha value is -0.930. The van der Waals surface area contributed by atoms with E-state index >= 15 is 0 Å². The van der Waals surface area contributed by atoms with E-state index in [-0.39, 0.29) is 18.0 Å². The standard InChI is InChI=1S/C12H18FNO/c1-9(10(2)15-3)14-8-11-5-4-6-12(13)7-11/h4-7,9-10,14H,8H2,1-3H3. The first kappa shape index (κ1) is 12.1. The third-order valence-electron chi connectivity index (χ3n) is 2.59. The van der Waals surface area contributed by atoms with Crippen molar-refractivity contribution in [2.75, 3.05) is 7.11 Å². The lowest BCUT2D eigenvalue weighted by Gasteiger charge is -2.19. The van der Waals surface area contributed by atoms with Crippen molar-refractivity contribution in [1.29, 1.82) is 0 Å². The summed E-state index contributed by atoms with van der Waals surface area (Å²) in [6.07, 6.45) is 0.151. The summed E-state index contributed by atoms with van der Waals surface area (Å²) in [5, 5.41) is 3.29. The summed E-state index contributed by atoms with van der Waals surface area (Å²) in [7, 11) is 1.69. The number of nitrogens with one attached hydrogen (secondary N) is 1. The molecule has 0 spiro atoms. The van der Waals surface area contributed by atoms with Gasteiger partial charge in [0.05, 0.1) is 6.10 Å². The van der Waals surface area contributed by atoms with Crippen LogP contribution in [0.1, 0.15) is 19.4 Å². The Kier molecular flexibility index (Phi) is 4.72. The number of hydrogen-bond donors (Lipinski definition) is 1. The van der Waals surface area contributed by atoms with Gasteiger partial charge in [0.2, 0.25) is 0 Å². The van der Waals surface area contributed by atoms with Crippen LogP contribution in [-0.4, -0.2) is 19.3 Å². The predicted molar refractivity (Wildman–Crippen MR) is 59.2 cm³/mol. The third kappa shape index (κ3) is 3.98. The van der Waals surface area contributed by atoms with E-state index in [1.54, 1.807) is 13.2 Å². The first-order chi connectivity index (χ1) is 7.13. The summed E-state index contributed by atoms with van der Waals surface area (Å²) in [6.45, 7) is 4.71. The number of ether oxygens (including phenoxy) is 1. The lowest BCUT2D eigenvalue weighted by atomic mass is 10.1. The molecule has 1 N–H and O–H groups in total. The Bertz CT molecular complexity index is 303. The molecule has 0 aliphatic heterocycles. The number of halogens is 1. The normalized spacial score (nSPS) is 14.9. The SMILES string of the molecule is COC(C)C(C)NCc1cccc(F)c1. The number of hydrogen-bond acceptors (Lipinski definition) is 2. The molecule has 2 atom stereocenters. The van der Waals surface area contributed by atoms with Gasteiger partial charge in [-0.05, 0) is 31.5 Å². The first-order valence-corrected chi connectivity index (χ1v) is 5.14. The van der Waals surface area contributed by atoms with Crippen LogP contribution in [-0.2, 0) is 11.3 Å². The maximum absolute atomic E-state index is 12.9. The molecule has 0 aromatic heterocycles. The predicted octanol–water partition coefficient (Wildman–Crippen LogP) is 2.34. The van der Waals surface area contributed by atoms with E-state index in [4.69, 9.17) is 4.74 Å². The van der Waals surface area contributed by atoms with E-state index in [2.05, 4.69) is 5.32 Å². The molecule has 0 radical (unpaired) electrons. The fourth-order valence-corrected chi connectivity index (χ4v) is 1.30. The topological polar surface area (TPSA) is 21.3 Å². The maximum atomic E-state index is 12.9. The fraction of sp³-hybridized carbons (Fsp3) is 0.500. The molecule has 15 heavy (non-hydrogen) atoms. The molecule has 0 saturated heterocycles. The van der Waals surface area contributed by atoms with Gasteiger partial charge in [0.1, 0.15) is 5.82 Å². The van der Waals surface area contributed by atoms with Gasteiger partial charge in [-0.1, -0.05) is 12.1 Å². The van der Waals surface area contributed by atoms with Crippen LogP contribution in [0, 0.1) is 5.82 Å². The number of rotatable bonds is 5. The molecule has 2 nitrogen and oxygen atoms in total. The van der Waals surface area contributed by atoms with E-state index in [1.807, 2.05) is 19.9 Å². The molecular formula is C12H18FNO. The third-order valence-corrected chi connectivity index (χ3v) is 2.59. The molecule has 1 aromatic rings. The van der Waals surface area contributed by atoms with Crippen molar-refractivity contribution in [2.45, 2.75) is 32.5 Å². The van der Waals surface area contributed by atoms with Gasteiger partial charge in [0.25, 0.3) is 0 Å². The lowest BCUT2D eigenvalue weighted by molar-refractivity contribution is 0.0882. The van der Waals surface area contributed by atoms with Gasteiger partial charge >= 0.3 is 0 Å². The van der Waals surface area contributed by atoms with Crippen molar-refractivity contribution >= 4 is 0 Å². The minimum atomic E-state index is -0.193. The van der Waals surface area contributed by atoms with Crippen molar-refractivity contribution < 1.29 is 9.13 Å². The van der Waals surface area contributed by atoms with Crippen LogP contribution in [0.5, 0.6) is 0 Å². The molecule has 0 amide bonds. The summed E-state index contributed by atoms with van der Waals surface area (Å²) in [4.78, 5) is 0. The number of methoxy groups -OCH3 is 1. The smallest absolute Gasteiger partial charge is 0.123 e. The quantitative estimate of drug-likeness (QED) is 0.807. The van der Waals surface area contributed by atoms with E-state index < -0.39 is 0 Å². The Morgan fingerprint density at radius 1 is 1.40 bits per heavy atom. The van der Waals surface area contributed by atoms with Crippen LogP contribution in [0.2, 0.25) is 0 Å². The summed E-state index contributed by atoms with van der Waals surface area (Å²) in [6, 6.07) is 6.86. The molecule has 2 unspecified atom stereocenters. The second-order valence-electron chi connectivity index (χ2n) is 3.74. The minimum absolute atomic E-state index is 0.151. The maximum Gasteiger partial charge on any atom is 0.123 e. The highest BCUT2D eigenvalue weighted by Crippen LogP contribution is 2.04. The van der Waals surface area contributed by atoms with Crippen LogP contribution in [0.15, 0.2) is 24.3 Å². The molecule has 1 rings (SSSR count). The van der Waals surface area contributed by atoms with Crippen LogP contribution in [0.4, 0.5) is 4.39 Å². The largest absolute Gasteiger partial charge is 0.380 e. The average Bonchev–Trinajstić information content (AvgIpc) is 2.25. The van der Waals surface area contributed by atoms with Crippen molar-refractivity contribution in [3.63, 3.8) is 0 Å². The Morgan fingerprint density at radius 2 is 2.13 bits per heavy atom. The van der Waals surface area contributed by atoms with Gasteiger partial charge in [0.15, 0.2) is 0 Å². The molecule has 0 heterocycles. The zero-order valence-corrected chi connectivity index (χ0v) is 9.46. The van der Waals surface area contributed by atoms with E-state index in [0.29, 0.717) is 6.54 Å². The zero-order chi connectivity index (χ0) is 11.3. The van der Waals surface area contributed by atoms with Crippen molar-refractivity contribution in [2.24, 2.45) is 0 Å². The van der Waals surface area contributed by atoms with Crippen LogP contribution >= 0.6 is 0 Å². The fourth-order valence-electron chi connectivity index (χ4n) is 1.30. The first-order valence-electron chi connectivity index (χ1n) is 5.14. The monoisotopic (exact) mass is 211 g/mol. The van der Waals surface area contributed by atoms with E-state index in [1.165, 1.54) is 12.1 Å². The average molecular weight is 211 g/mol. The zero-order valence-electron chi connectivity index (χ0n) is 9.46. The van der Waals surface area contributed by atoms with Gasteiger partial charge in [-0.3, -0.25) is 0 Å². The Balaban J connectivity index is 2.43. The van der Waals surface area contributed by atoms with E-state index in [0.717, 1.165) is 5.56 Å². The van der Waals surface area contributed by atoms with Crippen LogP contribution in [0.3, 0.4) is 0 Å². The van der Waals surface area contributed by atoms with E-state index in [9.17, 15) is 4.39 Å². The van der Waals surface area contributed by atoms with Crippen molar-refractivity contribution in [3.05, 3.63) is 35.6 Å². The molecule has 3 heteroatoms.